The number of nitrogens with two attached hydrogens (primary N) is 1. The van der Waals surface area contributed by atoms with Crippen LogP contribution in [0.1, 0.15) is 10.5 Å². The molecule has 0 saturated heterocycles. The van der Waals surface area contributed by atoms with E-state index in [0.29, 0.717) is 5.82 Å². The third-order valence-electron chi connectivity index (χ3n) is 1.35. The van der Waals surface area contributed by atoms with Crippen molar-refractivity contribution in [2.45, 2.75) is 0 Å². The maximum Gasteiger partial charge on any atom is 0.268 e. The van der Waals surface area contributed by atoms with Gasteiger partial charge in [-0.05, 0) is 0 Å². The summed E-state index contributed by atoms with van der Waals surface area (Å²) in [6.45, 7) is 0. The molecule has 12 heavy (non-hydrogen) atoms. The first kappa shape index (κ1) is 8.45. The summed E-state index contributed by atoms with van der Waals surface area (Å²) in [4.78, 5) is 20.2. The zero-order valence-corrected chi connectivity index (χ0v) is 6.98. The lowest BCUT2D eigenvalue weighted by atomic mass is 10.4. The van der Waals surface area contributed by atoms with Crippen molar-refractivity contribution in [1.29, 1.82) is 0 Å². The fraction of sp³-hybridized carbons (Fsp3) is 0.286. The summed E-state index contributed by atoms with van der Waals surface area (Å²) >= 11 is 0. The van der Waals surface area contributed by atoms with Crippen LogP contribution in [0.5, 0.6) is 0 Å². The molecule has 1 amide bonds. The van der Waals surface area contributed by atoms with Gasteiger partial charge in [-0.3, -0.25) is 4.79 Å². The molecule has 0 aromatic carbocycles. The Morgan fingerprint density at radius 2 is 2.08 bits per heavy atom. The van der Waals surface area contributed by atoms with E-state index in [2.05, 4.69) is 9.97 Å². The van der Waals surface area contributed by atoms with Crippen molar-refractivity contribution >= 4 is 11.7 Å². The smallest absolute Gasteiger partial charge is 0.268 e. The van der Waals surface area contributed by atoms with Crippen molar-refractivity contribution in [2.75, 3.05) is 19.0 Å². The number of nitrogens with zero attached hydrogens (tertiary/aromatic N) is 3. The molecule has 1 rings (SSSR count). The molecule has 0 aliphatic rings. The highest BCUT2D eigenvalue weighted by Gasteiger charge is 2.02. The lowest BCUT2D eigenvalue weighted by Crippen LogP contribution is -2.16. The standard InChI is InChI=1S/C7H10N4O/c1-11(2)6-4-9-5(3-10-6)7(8)12/h3-4H,1-2H3,(H2,8,12). The SMILES string of the molecule is CN(C)c1cnc(C(N)=O)cn1. The fourth-order valence-corrected chi connectivity index (χ4v) is 0.679. The molecule has 0 saturated carbocycles. The number of hydrogen-bond donors (Lipinski definition) is 1. The van der Waals surface area contributed by atoms with Crippen LogP contribution in [-0.4, -0.2) is 30.0 Å². The summed E-state index contributed by atoms with van der Waals surface area (Å²) in [6, 6.07) is 0. The Morgan fingerprint density at radius 3 is 2.42 bits per heavy atom. The second-order valence-corrected chi connectivity index (χ2v) is 2.52. The van der Waals surface area contributed by atoms with Crippen LogP contribution >= 0.6 is 0 Å². The molecule has 5 nitrogen and oxygen atoms in total. The summed E-state index contributed by atoms with van der Waals surface area (Å²) in [5, 5.41) is 0. The molecule has 1 aromatic heterocycles. The molecule has 1 heterocycles. The molecule has 0 fully saturated rings. The van der Waals surface area contributed by atoms with Crippen LogP contribution in [0.15, 0.2) is 12.4 Å². The third kappa shape index (κ3) is 1.69. The molecule has 0 bridgehead atoms. The Hall–Kier alpha value is -1.65. The van der Waals surface area contributed by atoms with Crippen LogP contribution in [-0.2, 0) is 0 Å². The predicted octanol–water partition coefficient (Wildman–Crippen LogP) is -0.359. The number of anilines is 1. The van der Waals surface area contributed by atoms with Gasteiger partial charge in [-0.25, -0.2) is 9.97 Å². The van der Waals surface area contributed by atoms with Gasteiger partial charge in [0.1, 0.15) is 11.5 Å². The highest BCUT2D eigenvalue weighted by Crippen LogP contribution is 2.03. The van der Waals surface area contributed by atoms with E-state index in [9.17, 15) is 4.79 Å². The van der Waals surface area contributed by atoms with Gasteiger partial charge < -0.3 is 10.6 Å². The summed E-state index contributed by atoms with van der Waals surface area (Å²) in [5.74, 6) is 0.132. The second-order valence-electron chi connectivity index (χ2n) is 2.52. The molecular formula is C7H10N4O. The lowest BCUT2D eigenvalue weighted by molar-refractivity contribution is 0.0995. The van der Waals surface area contributed by atoms with E-state index in [1.165, 1.54) is 12.4 Å². The zero-order valence-electron chi connectivity index (χ0n) is 6.98. The summed E-state index contributed by atoms with van der Waals surface area (Å²) < 4.78 is 0. The molecule has 0 aliphatic heterocycles. The Morgan fingerprint density at radius 1 is 1.42 bits per heavy atom. The highest BCUT2D eigenvalue weighted by atomic mass is 16.1. The van der Waals surface area contributed by atoms with Crippen LogP contribution in [0.2, 0.25) is 0 Å². The van der Waals surface area contributed by atoms with E-state index in [-0.39, 0.29) is 5.69 Å². The van der Waals surface area contributed by atoms with Crippen LogP contribution < -0.4 is 10.6 Å². The number of carbonyl (C=O) groups is 1. The van der Waals surface area contributed by atoms with Gasteiger partial charge in [0.15, 0.2) is 0 Å². The molecule has 0 radical (unpaired) electrons. The van der Waals surface area contributed by atoms with E-state index in [4.69, 9.17) is 5.73 Å². The summed E-state index contributed by atoms with van der Waals surface area (Å²) in [7, 11) is 3.68. The Labute approximate surface area is 70.2 Å². The van der Waals surface area contributed by atoms with E-state index < -0.39 is 5.91 Å². The molecular weight excluding hydrogens is 156 g/mol. The van der Waals surface area contributed by atoms with Crippen molar-refractivity contribution in [3.63, 3.8) is 0 Å². The first-order chi connectivity index (χ1) is 5.61. The molecule has 0 atom stereocenters. The van der Waals surface area contributed by atoms with Gasteiger partial charge >= 0.3 is 0 Å². The summed E-state index contributed by atoms with van der Waals surface area (Å²) in [5.41, 5.74) is 5.17. The maximum absolute atomic E-state index is 10.6. The minimum Gasteiger partial charge on any atom is -0.364 e. The minimum absolute atomic E-state index is 0.181. The minimum atomic E-state index is -0.562. The van der Waals surface area contributed by atoms with Crippen LogP contribution in [0.4, 0.5) is 5.82 Å². The maximum atomic E-state index is 10.6. The normalized spacial score (nSPS) is 9.50. The molecule has 0 unspecified atom stereocenters. The van der Waals surface area contributed by atoms with E-state index >= 15 is 0 Å². The topological polar surface area (TPSA) is 72.1 Å². The Bertz CT molecular complexity index is 280. The molecule has 2 N–H and O–H groups in total. The average Bonchev–Trinajstić information content (AvgIpc) is 2.04. The number of primary amides is 1. The highest BCUT2D eigenvalue weighted by molar-refractivity contribution is 5.90. The van der Waals surface area contributed by atoms with Crippen LogP contribution in [0.25, 0.3) is 0 Å². The van der Waals surface area contributed by atoms with Gasteiger partial charge in [0.25, 0.3) is 5.91 Å². The van der Waals surface area contributed by atoms with Crippen molar-refractivity contribution < 1.29 is 4.79 Å². The quantitative estimate of drug-likeness (QED) is 0.651. The number of carbonyl (C=O) groups excluding carboxylic acids is 1. The zero-order chi connectivity index (χ0) is 9.14. The van der Waals surface area contributed by atoms with Gasteiger partial charge in [-0.1, -0.05) is 0 Å². The van der Waals surface area contributed by atoms with Gasteiger partial charge in [0.05, 0.1) is 12.4 Å². The lowest BCUT2D eigenvalue weighted by Gasteiger charge is -2.09. The molecule has 0 spiro atoms. The fourth-order valence-electron chi connectivity index (χ4n) is 0.679. The first-order valence-corrected chi connectivity index (χ1v) is 3.40. The van der Waals surface area contributed by atoms with E-state index in [1.807, 2.05) is 14.1 Å². The number of aromatic nitrogens is 2. The van der Waals surface area contributed by atoms with Crippen LogP contribution in [0, 0.1) is 0 Å². The Kier molecular flexibility index (Phi) is 2.23. The van der Waals surface area contributed by atoms with E-state index in [1.54, 1.807) is 4.90 Å². The molecule has 64 valence electrons. The van der Waals surface area contributed by atoms with Gasteiger partial charge in [0.2, 0.25) is 0 Å². The largest absolute Gasteiger partial charge is 0.364 e. The van der Waals surface area contributed by atoms with Crippen molar-refractivity contribution in [1.82, 2.24) is 9.97 Å². The van der Waals surface area contributed by atoms with Gasteiger partial charge in [-0.15, -0.1) is 0 Å². The number of hydrogen-bond acceptors (Lipinski definition) is 4. The second kappa shape index (κ2) is 3.17. The van der Waals surface area contributed by atoms with Gasteiger partial charge in [-0.2, -0.15) is 0 Å². The summed E-state index contributed by atoms with van der Waals surface area (Å²) in [6.07, 6.45) is 2.86. The molecule has 1 aromatic rings. The Balaban J connectivity index is 2.93. The first-order valence-electron chi connectivity index (χ1n) is 3.40. The van der Waals surface area contributed by atoms with E-state index in [0.717, 1.165) is 0 Å². The third-order valence-corrected chi connectivity index (χ3v) is 1.35. The van der Waals surface area contributed by atoms with Crippen LogP contribution in [0.3, 0.4) is 0 Å². The molecule has 5 heteroatoms. The van der Waals surface area contributed by atoms with Crippen molar-refractivity contribution in [3.05, 3.63) is 18.1 Å². The van der Waals surface area contributed by atoms with Crippen molar-refractivity contribution in [3.8, 4) is 0 Å². The molecule has 0 aliphatic carbocycles. The average molecular weight is 166 g/mol. The number of amides is 1. The predicted molar refractivity (Wildman–Crippen MR) is 44.9 cm³/mol. The van der Waals surface area contributed by atoms with Gasteiger partial charge in [0, 0.05) is 14.1 Å². The number of rotatable bonds is 2. The van der Waals surface area contributed by atoms with Crippen molar-refractivity contribution in [2.24, 2.45) is 5.73 Å². The monoisotopic (exact) mass is 166 g/mol.